The molecule has 0 N–H and O–H groups in total. The Morgan fingerprint density at radius 1 is 1.28 bits per heavy atom. The number of hydrogen-bond acceptors (Lipinski definition) is 7. The number of carbonyl (C=O) groups excluding carboxylic acids is 2. The van der Waals surface area contributed by atoms with E-state index in [9.17, 15) is 18.0 Å². The van der Waals surface area contributed by atoms with Gasteiger partial charge in [0.15, 0.2) is 0 Å². The predicted molar refractivity (Wildman–Crippen MR) is 94.2 cm³/mol. The average molecular weight is 413 g/mol. The van der Waals surface area contributed by atoms with Crippen LogP contribution in [-0.2, 0) is 29.1 Å². The third kappa shape index (κ3) is 6.55. The van der Waals surface area contributed by atoms with Crippen molar-refractivity contribution < 1.29 is 27.5 Å². The zero-order valence-corrected chi connectivity index (χ0v) is 16.6. The van der Waals surface area contributed by atoms with Crippen molar-refractivity contribution in [3.05, 3.63) is 16.5 Å². The Morgan fingerprint density at radius 2 is 1.96 bits per heavy atom. The Morgan fingerprint density at radius 3 is 2.48 bits per heavy atom. The number of hydrogen-bond donors (Lipinski definition) is 0. The molecule has 0 aliphatic heterocycles. The van der Waals surface area contributed by atoms with Crippen LogP contribution in [-0.4, -0.2) is 76.5 Å². The van der Waals surface area contributed by atoms with E-state index < -0.39 is 28.4 Å². The van der Waals surface area contributed by atoms with Crippen LogP contribution in [0.25, 0.3) is 0 Å². The summed E-state index contributed by atoms with van der Waals surface area (Å²) in [6, 6.07) is 2.85. The Balaban J connectivity index is 2.81. The lowest BCUT2D eigenvalue weighted by Crippen LogP contribution is -2.44. The first-order valence-corrected chi connectivity index (χ1v) is 9.99. The summed E-state index contributed by atoms with van der Waals surface area (Å²) in [6.45, 7) is 1.52. The van der Waals surface area contributed by atoms with Crippen molar-refractivity contribution in [1.29, 1.82) is 0 Å². The van der Waals surface area contributed by atoms with Gasteiger partial charge in [-0.3, -0.25) is 9.59 Å². The normalized spacial score (nSPS) is 11.6. The maximum absolute atomic E-state index is 12.4. The van der Waals surface area contributed by atoms with Crippen LogP contribution in [0.4, 0.5) is 0 Å². The van der Waals surface area contributed by atoms with Crippen LogP contribution in [0.15, 0.2) is 16.3 Å². The molecule has 1 heterocycles. The van der Waals surface area contributed by atoms with Gasteiger partial charge in [0.2, 0.25) is 5.91 Å². The standard InChI is InChI=1S/C14H21ClN2O6S2/c1-4-23-13(19)10-17(7-8-22-3)12(18)9-16(2)25(20,21)14-6-5-11(15)24-14/h5-6H,4,7-10H2,1-3H3. The molecule has 11 heteroatoms. The Hall–Kier alpha value is -1.20. The topological polar surface area (TPSA) is 93.2 Å². The molecule has 1 aromatic rings. The summed E-state index contributed by atoms with van der Waals surface area (Å²) >= 11 is 6.67. The highest BCUT2D eigenvalue weighted by Gasteiger charge is 2.27. The molecule has 0 saturated heterocycles. The SMILES string of the molecule is CCOC(=O)CN(CCOC)C(=O)CN(C)S(=O)(=O)c1ccc(Cl)s1. The number of amides is 1. The van der Waals surface area contributed by atoms with Gasteiger partial charge in [0.05, 0.1) is 24.1 Å². The minimum absolute atomic E-state index is 0.0432. The second-order valence-corrected chi connectivity index (χ2v) is 8.92. The highest BCUT2D eigenvalue weighted by Crippen LogP contribution is 2.27. The monoisotopic (exact) mass is 412 g/mol. The summed E-state index contributed by atoms with van der Waals surface area (Å²) < 4.78 is 35.9. The maximum atomic E-state index is 12.4. The highest BCUT2D eigenvalue weighted by molar-refractivity contribution is 7.91. The van der Waals surface area contributed by atoms with Gasteiger partial charge in [0, 0.05) is 20.7 Å². The molecule has 25 heavy (non-hydrogen) atoms. The summed E-state index contributed by atoms with van der Waals surface area (Å²) in [5.74, 6) is -1.10. The van der Waals surface area contributed by atoms with E-state index in [4.69, 9.17) is 21.1 Å². The van der Waals surface area contributed by atoms with Crippen molar-refractivity contribution in [1.82, 2.24) is 9.21 Å². The van der Waals surface area contributed by atoms with Crippen molar-refractivity contribution in [2.24, 2.45) is 0 Å². The summed E-state index contributed by atoms with van der Waals surface area (Å²) in [6.07, 6.45) is 0. The van der Waals surface area contributed by atoms with E-state index >= 15 is 0 Å². The van der Waals surface area contributed by atoms with Crippen molar-refractivity contribution in [2.45, 2.75) is 11.1 Å². The molecule has 1 rings (SSSR count). The van der Waals surface area contributed by atoms with Gasteiger partial charge in [-0.05, 0) is 19.1 Å². The fraction of sp³-hybridized carbons (Fsp3) is 0.571. The predicted octanol–water partition coefficient (Wildman–Crippen LogP) is 1.06. The van der Waals surface area contributed by atoms with Crippen molar-refractivity contribution in [3.8, 4) is 0 Å². The first-order valence-electron chi connectivity index (χ1n) is 7.36. The summed E-state index contributed by atoms with van der Waals surface area (Å²) in [4.78, 5) is 25.2. The minimum Gasteiger partial charge on any atom is -0.465 e. The lowest BCUT2D eigenvalue weighted by atomic mass is 10.4. The number of sulfonamides is 1. The molecule has 0 radical (unpaired) electrons. The molecule has 142 valence electrons. The number of methoxy groups -OCH3 is 1. The van der Waals surface area contributed by atoms with Gasteiger partial charge in [0.1, 0.15) is 10.8 Å². The van der Waals surface area contributed by atoms with Crippen LogP contribution in [0.1, 0.15) is 6.92 Å². The van der Waals surface area contributed by atoms with Gasteiger partial charge in [-0.25, -0.2) is 8.42 Å². The first-order chi connectivity index (χ1) is 11.7. The molecule has 0 aliphatic carbocycles. The van der Waals surface area contributed by atoms with Crippen LogP contribution in [0.3, 0.4) is 0 Å². The number of likely N-dealkylation sites (N-methyl/N-ethyl adjacent to an activating group) is 1. The molecular weight excluding hydrogens is 392 g/mol. The molecule has 0 unspecified atom stereocenters. The van der Waals surface area contributed by atoms with E-state index in [2.05, 4.69) is 0 Å². The number of rotatable bonds is 10. The Labute approximate surface area is 156 Å². The molecule has 0 saturated carbocycles. The number of ether oxygens (including phenoxy) is 2. The van der Waals surface area contributed by atoms with E-state index in [1.54, 1.807) is 6.92 Å². The van der Waals surface area contributed by atoms with Gasteiger partial charge >= 0.3 is 5.97 Å². The minimum atomic E-state index is -3.83. The van der Waals surface area contributed by atoms with Crippen LogP contribution in [0, 0.1) is 0 Å². The number of esters is 1. The van der Waals surface area contributed by atoms with Crippen molar-refractivity contribution in [2.75, 3.05) is 47.0 Å². The van der Waals surface area contributed by atoms with E-state index in [-0.39, 0.29) is 30.5 Å². The Bertz CT molecular complexity index is 691. The second-order valence-electron chi connectivity index (χ2n) is 4.93. The second kappa shape index (κ2) is 10.1. The van der Waals surface area contributed by atoms with Crippen LogP contribution >= 0.6 is 22.9 Å². The molecule has 0 atom stereocenters. The van der Waals surface area contributed by atoms with Crippen molar-refractivity contribution >= 4 is 44.8 Å². The van der Waals surface area contributed by atoms with E-state index in [1.165, 1.54) is 31.2 Å². The smallest absolute Gasteiger partial charge is 0.325 e. The average Bonchev–Trinajstić information content (AvgIpc) is 2.98. The molecule has 0 aromatic carbocycles. The van der Waals surface area contributed by atoms with Gasteiger partial charge in [-0.2, -0.15) is 4.31 Å². The fourth-order valence-corrected chi connectivity index (χ4v) is 4.64. The highest BCUT2D eigenvalue weighted by atomic mass is 35.5. The van der Waals surface area contributed by atoms with Crippen LogP contribution < -0.4 is 0 Å². The van der Waals surface area contributed by atoms with E-state index in [1.807, 2.05) is 0 Å². The lowest BCUT2D eigenvalue weighted by Gasteiger charge is -2.24. The number of carbonyl (C=O) groups is 2. The third-order valence-corrected chi connectivity index (χ3v) is 6.62. The Kier molecular flexibility index (Phi) is 8.80. The van der Waals surface area contributed by atoms with Gasteiger partial charge in [-0.1, -0.05) is 11.6 Å². The van der Waals surface area contributed by atoms with Gasteiger partial charge in [-0.15, -0.1) is 11.3 Å². The zero-order chi connectivity index (χ0) is 19.0. The number of thiophene rings is 1. The lowest BCUT2D eigenvalue weighted by molar-refractivity contribution is -0.149. The van der Waals surface area contributed by atoms with Crippen LogP contribution in [0.5, 0.6) is 0 Å². The molecule has 8 nitrogen and oxygen atoms in total. The maximum Gasteiger partial charge on any atom is 0.325 e. The molecule has 0 bridgehead atoms. The molecule has 0 aliphatic rings. The molecule has 0 spiro atoms. The van der Waals surface area contributed by atoms with E-state index in [0.717, 1.165) is 15.6 Å². The molecule has 0 fully saturated rings. The quantitative estimate of drug-likeness (QED) is 0.533. The third-order valence-electron chi connectivity index (χ3n) is 3.11. The molecule has 1 aromatic heterocycles. The number of halogens is 1. The summed E-state index contributed by atoms with van der Waals surface area (Å²) in [5.41, 5.74) is 0. The summed E-state index contributed by atoms with van der Waals surface area (Å²) in [5, 5.41) is 0. The van der Waals surface area contributed by atoms with Crippen LogP contribution in [0.2, 0.25) is 4.34 Å². The largest absolute Gasteiger partial charge is 0.465 e. The zero-order valence-electron chi connectivity index (χ0n) is 14.2. The van der Waals surface area contributed by atoms with Gasteiger partial charge < -0.3 is 14.4 Å². The van der Waals surface area contributed by atoms with Crippen molar-refractivity contribution in [3.63, 3.8) is 0 Å². The molecular formula is C14H21ClN2O6S2. The number of nitrogens with zero attached hydrogens (tertiary/aromatic N) is 2. The van der Waals surface area contributed by atoms with Gasteiger partial charge in [0.25, 0.3) is 10.0 Å². The first kappa shape index (κ1) is 21.8. The van der Waals surface area contributed by atoms with E-state index in [0.29, 0.717) is 4.34 Å². The fourth-order valence-electron chi connectivity index (χ4n) is 1.82. The molecule has 1 amide bonds. The summed E-state index contributed by atoms with van der Waals surface area (Å²) in [7, 11) is -1.08.